The van der Waals surface area contributed by atoms with Crippen LogP contribution in [0.1, 0.15) is 33.1 Å². The first kappa shape index (κ1) is 12.5. The van der Waals surface area contributed by atoms with Crippen molar-refractivity contribution in [2.45, 2.75) is 39.2 Å². The van der Waals surface area contributed by atoms with Gasteiger partial charge in [0.15, 0.2) is 9.84 Å². The van der Waals surface area contributed by atoms with E-state index in [1.54, 1.807) is 0 Å². The van der Waals surface area contributed by atoms with Gasteiger partial charge in [-0.2, -0.15) is 0 Å². The van der Waals surface area contributed by atoms with Crippen LogP contribution in [0.5, 0.6) is 0 Å². The number of rotatable bonds is 3. The van der Waals surface area contributed by atoms with Gasteiger partial charge in [-0.3, -0.25) is 4.79 Å². The second-order valence-corrected chi connectivity index (χ2v) is 6.78. The summed E-state index contributed by atoms with van der Waals surface area (Å²) in [5.74, 6) is 0.447. The lowest BCUT2D eigenvalue weighted by atomic mass is 10.0. The largest absolute Gasteiger partial charge is 0.354 e. The Morgan fingerprint density at radius 3 is 2.67 bits per heavy atom. The molecule has 1 aliphatic heterocycles. The minimum Gasteiger partial charge on any atom is -0.354 e. The van der Waals surface area contributed by atoms with Gasteiger partial charge in [0.25, 0.3) is 0 Å². The highest BCUT2D eigenvalue weighted by Gasteiger charge is 2.26. The molecule has 1 atom stereocenters. The molecule has 1 amide bonds. The van der Waals surface area contributed by atoms with Gasteiger partial charge in [-0.05, 0) is 32.6 Å². The van der Waals surface area contributed by atoms with E-state index in [1.165, 1.54) is 0 Å². The Morgan fingerprint density at radius 2 is 2.13 bits per heavy atom. The summed E-state index contributed by atoms with van der Waals surface area (Å²) in [4.78, 5) is 11.4. The first-order valence-electron chi connectivity index (χ1n) is 5.39. The molecule has 0 bridgehead atoms. The lowest BCUT2D eigenvalue weighted by molar-refractivity contribution is -0.122. The highest BCUT2D eigenvalue weighted by Crippen LogP contribution is 2.21. The van der Waals surface area contributed by atoms with Crippen LogP contribution in [-0.2, 0) is 14.6 Å². The number of hydrogen-bond acceptors (Lipinski definition) is 3. The van der Waals surface area contributed by atoms with Crippen LogP contribution in [-0.4, -0.2) is 31.9 Å². The molecule has 15 heavy (non-hydrogen) atoms. The Kier molecular flexibility index (Phi) is 4.13. The molecule has 4 nitrogen and oxygen atoms in total. The maximum absolute atomic E-state index is 11.4. The van der Waals surface area contributed by atoms with Gasteiger partial charge >= 0.3 is 0 Å². The van der Waals surface area contributed by atoms with Crippen molar-refractivity contribution < 1.29 is 13.2 Å². The van der Waals surface area contributed by atoms with E-state index in [0.29, 0.717) is 12.8 Å². The van der Waals surface area contributed by atoms with Crippen LogP contribution in [0.15, 0.2) is 0 Å². The van der Waals surface area contributed by atoms with E-state index in [9.17, 15) is 13.2 Å². The van der Waals surface area contributed by atoms with Gasteiger partial charge in [0, 0.05) is 12.5 Å². The Bertz CT molecular complexity index is 322. The molecule has 88 valence electrons. The zero-order chi connectivity index (χ0) is 11.5. The fraction of sp³-hybridized carbons (Fsp3) is 0.900. The van der Waals surface area contributed by atoms with Crippen LogP contribution >= 0.6 is 0 Å². The van der Waals surface area contributed by atoms with Crippen LogP contribution in [0.2, 0.25) is 0 Å². The molecular formula is C10H19NO3S. The fourth-order valence-electron chi connectivity index (χ4n) is 1.92. The highest BCUT2D eigenvalue weighted by atomic mass is 32.2. The molecule has 0 aromatic heterocycles. The van der Waals surface area contributed by atoms with Gasteiger partial charge < -0.3 is 5.32 Å². The molecule has 0 saturated carbocycles. The van der Waals surface area contributed by atoms with E-state index in [-0.39, 0.29) is 29.4 Å². The molecule has 0 radical (unpaired) electrons. The van der Waals surface area contributed by atoms with Gasteiger partial charge in [-0.15, -0.1) is 0 Å². The topological polar surface area (TPSA) is 63.2 Å². The van der Waals surface area contributed by atoms with Crippen LogP contribution in [0, 0.1) is 5.92 Å². The zero-order valence-electron chi connectivity index (χ0n) is 9.32. The zero-order valence-corrected chi connectivity index (χ0v) is 10.1. The highest BCUT2D eigenvalue weighted by molar-refractivity contribution is 7.91. The normalized spacial score (nSPS) is 25.1. The summed E-state index contributed by atoms with van der Waals surface area (Å²) in [5.41, 5.74) is 0. The van der Waals surface area contributed by atoms with Gasteiger partial charge in [0.05, 0.1) is 11.5 Å². The third kappa shape index (κ3) is 4.64. The van der Waals surface area contributed by atoms with E-state index in [1.807, 2.05) is 13.8 Å². The summed E-state index contributed by atoms with van der Waals surface area (Å²) in [6, 6.07) is 0.123. The molecular weight excluding hydrogens is 214 g/mol. The molecule has 0 aliphatic carbocycles. The molecule has 0 aromatic carbocycles. The van der Waals surface area contributed by atoms with E-state index < -0.39 is 9.84 Å². The molecule has 0 aromatic rings. The molecule has 0 spiro atoms. The van der Waals surface area contributed by atoms with Crippen molar-refractivity contribution in [3.63, 3.8) is 0 Å². The number of sulfone groups is 1. The average Bonchev–Trinajstić information content (AvgIpc) is 1.99. The fourth-order valence-corrected chi connectivity index (χ4v) is 3.70. The van der Waals surface area contributed by atoms with Crippen molar-refractivity contribution in [2.75, 3.05) is 11.5 Å². The summed E-state index contributed by atoms with van der Waals surface area (Å²) < 4.78 is 22.7. The van der Waals surface area contributed by atoms with Gasteiger partial charge in [0.1, 0.15) is 0 Å². The van der Waals surface area contributed by atoms with Gasteiger partial charge in [-0.1, -0.05) is 0 Å². The smallest absolute Gasteiger partial charge is 0.220 e. The van der Waals surface area contributed by atoms with E-state index >= 15 is 0 Å². The number of carbonyl (C=O) groups is 1. The second kappa shape index (κ2) is 4.96. The summed E-state index contributed by atoms with van der Waals surface area (Å²) in [7, 11) is -2.89. The lowest BCUT2D eigenvalue weighted by Crippen LogP contribution is -2.34. The van der Waals surface area contributed by atoms with Crippen molar-refractivity contribution >= 4 is 15.7 Å². The Morgan fingerprint density at radius 1 is 1.47 bits per heavy atom. The molecule has 1 heterocycles. The third-order valence-corrected chi connectivity index (χ3v) is 4.37. The Hall–Kier alpha value is -0.580. The van der Waals surface area contributed by atoms with Gasteiger partial charge in [-0.25, -0.2) is 8.42 Å². The number of nitrogens with one attached hydrogen (secondary N) is 1. The van der Waals surface area contributed by atoms with Crippen molar-refractivity contribution in [2.24, 2.45) is 5.92 Å². The third-order valence-electron chi connectivity index (χ3n) is 2.48. The number of amides is 1. The SMILES string of the molecule is CC(C)NC(=O)CC1CCCS(=O)(=O)C1. The Labute approximate surface area is 91.4 Å². The Balaban J connectivity index is 2.42. The predicted octanol–water partition coefficient (Wildman–Crippen LogP) is 0.726. The molecule has 1 rings (SSSR count). The quantitative estimate of drug-likeness (QED) is 0.781. The van der Waals surface area contributed by atoms with E-state index in [4.69, 9.17) is 0 Å². The van der Waals surface area contributed by atoms with E-state index in [0.717, 1.165) is 6.42 Å². The van der Waals surface area contributed by atoms with Gasteiger partial charge in [0.2, 0.25) is 5.91 Å². The molecule has 1 N–H and O–H groups in total. The van der Waals surface area contributed by atoms with E-state index in [2.05, 4.69) is 5.32 Å². The summed E-state index contributed by atoms with van der Waals surface area (Å²) in [5, 5.41) is 2.78. The second-order valence-electron chi connectivity index (χ2n) is 4.55. The van der Waals surface area contributed by atoms with Crippen molar-refractivity contribution in [1.29, 1.82) is 0 Å². The molecule has 1 aliphatic rings. The monoisotopic (exact) mass is 233 g/mol. The molecule has 5 heteroatoms. The predicted molar refractivity (Wildman–Crippen MR) is 59.3 cm³/mol. The van der Waals surface area contributed by atoms with Crippen molar-refractivity contribution in [1.82, 2.24) is 5.32 Å². The summed E-state index contributed by atoms with van der Waals surface area (Å²) >= 11 is 0. The summed E-state index contributed by atoms with van der Waals surface area (Å²) in [6.07, 6.45) is 1.89. The van der Waals surface area contributed by atoms with Crippen LogP contribution in [0.4, 0.5) is 0 Å². The molecule has 1 unspecified atom stereocenters. The summed E-state index contributed by atoms with van der Waals surface area (Å²) in [6.45, 7) is 3.80. The first-order chi connectivity index (χ1) is 6.89. The van der Waals surface area contributed by atoms with Crippen LogP contribution < -0.4 is 5.32 Å². The first-order valence-corrected chi connectivity index (χ1v) is 7.21. The minimum absolute atomic E-state index is 0.0162. The number of carbonyl (C=O) groups excluding carboxylic acids is 1. The van der Waals surface area contributed by atoms with Crippen LogP contribution in [0.3, 0.4) is 0 Å². The average molecular weight is 233 g/mol. The van der Waals surface area contributed by atoms with Crippen molar-refractivity contribution in [3.8, 4) is 0 Å². The maximum Gasteiger partial charge on any atom is 0.220 e. The van der Waals surface area contributed by atoms with Crippen LogP contribution in [0.25, 0.3) is 0 Å². The molecule has 1 saturated heterocycles. The minimum atomic E-state index is -2.89. The number of hydrogen-bond donors (Lipinski definition) is 1. The van der Waals surface area contributed by atoms with Crippen molar-refractivity contribution in [3.05, 3.63) is 0 Å². The maximum atomic E-state index is 11.4. The standard InChI is InChI=1S/C10H19NO3S/c1-8(2)11-10(12)6-9-4-3-5-15(13,14)7-9/h8-9H,3-7H2,1-2H3,(H,11,12). The molecule has 1 fully saturated rings. The lowest BCUT2D eigenvalue weighted by Gasteiger charge is -2.21.